The van der Waals surface area contributed by atoms with Gasteiger partial charge in [-0.05, 0) is 68.6 Å². The molecule has 2 aromatic rings. The van der Waals surface area contributed by atoms with Gasteiger partial charge in [0, 0.05) is 12.3 Å². The third-order valence-corrected chi connectivity index (χ3v) is 7.17. The molecule has 190 valence electrons. The summed E-state index contributed by atoms with van der Waals surface area (Å²) < 4.78 is 21.7. The number of aliphatic hydroxyl groups is 1. The second-order valence-corrected chi connectivity index (χ2v) is 9.92. The summed E-state index contributed by atoms with van der Waals surface area (Å²) in [7, 11) is 0. The average Bonchev–Trinajstić information content (AvgIpc) is 3.58. The zero-order valence-corrected chi connectivity index (χ0v) is 20.3. The van der Waals surface area contributed by atoms with Crippen molar-refractivity contribution in [2.24, 2.45) is 11.8 Å². The number of nitrogens with one attached hydrogen (secondary N) is 1. The fraction of sp³-hybridized carbons (Fsp3) is 0.615. The third kappa shape index (κ3) is 6.66. The normalized spacial score (nSPS) is 19.9. The highest BCUT2D eigenvalue weighted by atomic mass is 19.1. The number of imide groups is 1. The Hall–Kier alpha value is -2.81. The molecule has 35 heavy (non-hydrogen) atoms. The van der Waals surface area contributed by atoms with Gasteiger partial charge in [-0.1, -0.05) is 31.0 Å². The van der Waals surface area contributed by atoms with Crippen LogP contribution in [0, 0.1) is 17.7 Å². The Balaban J connectivity index is 1.31. The van der Waals surface area contributed by atoms with Crippen molar-refractivity contribution >= 4 is 11.8 Å². The first-order valence-electron chi connectivity index (χ1n) is 12.7. The van der Waals surface area contributed by atoms with Crippen LogP contribution in [-0.2, 0) is 28.2 Å². The van der Waals surface area contributed by atoms with E-state index >= 15 is 0 Å². The lowest BCUT2D eigenvalue weighted by atomic mass is 9.90. The molecule has 1 unspecified atom stereocenters. The van der Waals surface area contributed by atoms with Crippen molar-refractivity contribution in [3.63, 3.8) is 0 Å². The molecule has 1 aromatic carbocycles. The molecule has 2 N–H and O–H groups in total. The second kappa shape index (κ2) is 11.3. The Kier molecular flexibility index (Phi) is 8.15. The highest BCUT2D eigenvalue weighted by Crippen LogP contribution is 2.34. The number of piperidine rings is 1. The zero-order chi connectivity index (χ0) is 24.8. The molecule has 0 radical (unpaired) electrons. The van der Waals surface area contributed by atoms with E-state index in [2.05, 4.69) is 15.6 Å². The molecule has 1 aromatic heterocycles. The van der Waals surface area contributed by atoms with E-state index < -0.39 is 11.4 Å². The van der Waals surface area contributed by atoms with Gasteiger partial charge in [0.2, 0.25) is 11.8 Å². The van der Waals surface area contributed by atoms with Gasteiger partial charge in [0.15, 0.2) is 11.6 Å². The number of halogens is 1. The quantitative estimate of drug-likeness (QED) is 0.331. The van der Waals surface area contributed by atoms with Crippen LogP contribution in [-0.4, -0.2) is 38.5 Å². The molecule has 2 atom stereocenters. The predicted molar refractivity (Wildman–Crippen MR) is 127 cm³/mol. The van der Waals surface area contributed by atoms with E-state index in [4.69, 9.17) is 4.74 Å². The first-order valence-corrected chi connectivity index (χ1v) is 12.7. The van der Waals surface area contributed by atoms with E-state index in [0.717, 1.165) is 50.6 Å². The summed E-state index contributed by atoms with van der Waals surface area (Å²) in [5.74, 6) is -0.146. The van der Waals surface area contributed by atoms with Gasteiger partial charge in [-0.15, -0.1) is 5.10 Å². The van der Waals surface area contributed by atoms with Gasteiger partial charge in [-0.25, -0.2) is 9.07 Å². The minimum Gasteiger partial charge on any atom is -0.490 e. The molecule has 2 aliphatic rings. The molecular formula is C26H35FN4O4. The number of ether oxygens (including phenoxy) is 1. The summed E-state index contributed by atoms with van der Waals surface area (Å²) in [6.07, 6.45) is 9.71. The number of unbranched alkanes of at least 4 members (excludes halogenated alkanes) is 2. The van der Waals surface area contributed by atoms with Crippen molar-refractivity contribution in [3.05, 3.63) is 41.5 Å². The van der Waals surface area contributed by atoms with Gasteiger partial charge in [0.05, 0.1) is 25.0 Å². The van der Waals surface area contributed by atoms with Crippen LogP contribution < -0.4 is 10.1 Å². The number of aromatic nitrogens is 3. The molecule has 1 saturated carbocycles. The van der Waals surface area contributed by atoms with E-state index in [1.165, 1.54) is 6.07 Å². The average molecular weight is 487 g/mol. The van der Waals surface area contributed by atoms with Crippen LogP contribution in [0.15, 0.2) is 24.4 Å². The van der Waals surface area contributed by atoms with Gasteiger partial charge in [0.25, 0.3) is 0 Å². The van der Waals surface area contributed by atoms with E-state index in [9.17, 15) is 19.1 Å². The molecule has 1 aliphatic heterocycles. The van der Waals surface area contributed by atoms with Crippen LogP contribution >= 0.6 is 0 Å². The molecule has 9 heteroatoms. The summed E-state index contributed by atoms with van der Waals surface area (Å²) in [4.78, 5) is 23.2. The smallest absolute Gasteiger partial charge is 0.229 e. The van der Waals surface area contributed by atoms with Crippen LogP contribution in [0.1, 0.15) is 76.0 Å². The van der Waals surface area contributed by atoms with Gasteiger partial charge < -0.3 is 9.84 Å². The van der Waals surface area contributed by atoms with E-state index in [1.54, 1.807) is 23.0 Å². The molecule has 2 fully saturated rings. The van der Waals surface area contributed by atoms with Gasteiger partial charge >= 0.3 is 0 Å². The molecule has 1 aliphatic carbocycles. The Labute approximate surface area is 205 Å². The largest absolute Gasteiger partial charge is 0.490 e. The molecular weight excluding hydrogens is 451 g/mol. The number of amides is 2. The molecule has 2 amide bonds. The maximum Gasteiger partial charge on any atom is 0.229 e. The number of aryl methyl sites for hydroxylation is 1. The highest BCUT2D eigenvalue weighted by molar-refractivity contribution is 5.98. The van der Waals surface area contributed by atoms with Crippen molar-refractivity contribution in [1.29, 1.82) is 0 Å². The minimum absolute atomic E-state index is 0.0756. The molecule has 0 bridgehead atoms. The Morgan fingerprint density at radius 3 is 2.80 bits per heavy atom. The van der Waals surface area contributed by atoms with E-state index in [1.807, 2.05) is 6.92 Å². The fourth-order valence-corrected chi connectivity index (χ4v) is 4.54. The lowest BCUT2D eigenvalue weighted by Gasteiger charge is -2.28. The number of hydrogen-bond donors (Lipinski definition) is 2. The Bertz CT molecular complexity index is 1040. The van der Waals surface area contributed by atoms with Crippen molar-refractivity contribution in [1.82, 2.24) is 20.3 Å². The molecule has 8 nitrogen and oxygen atoms in total. The summed E-state index contributed by atoms with van der Waals surface area (Å²) in [6.45, 7) is 2.60. The molecule has 4 rings (SSSR count). The standard InChI is InChI=1S/C26H35FN4O4/c1-2-26(34,20-11-12-22(27)23(14-20)35-16-18-8-9-18)17-31-21(15-28-30-31)7-5-3-4-6-19-10-13-24(32)29-25(19)33/h11-12,14-15,18-19,34H,2-10,13,16-17H2,1H3,(H,29,32,33)/t19?,26-/m1/s1. The minimum atomic E-state index is -1.24. The monoisotopic (exact) mass is 486 g/mol. The molecule has 1 saturated heterocycles. The lowest BCUT2D eigenvalue weighted by molar-refractivity contribution is -0.136. The summed E-state index contributed by atoms with van der Waals surface area (Å²) in [5, 5.41) is 22.1. The molecule has 2 heterocycles. The van der Waals surface area contributed by atoms with Gasteiger partial charge in [0.1, 0.15) is 5.60 Å². The summed E-state index contributed by atoms with van der Waals surface area (Å²) in [6, 6.07) is 4.56. The number of hydrogen-bond acceptors (Lipinski definition) is 6. The number of nitrogens with zero attached hydrogens (tertiary/aromatic N) is 3. The van der Waals surface area contributed by atoms with Crippen LogP contribution in [0.25, 0.3) is 0 Å². The van der Waals surface area contributed by atoms with Crippen molar-refractivity contribution in [2.45, 2.75) is 83.3 Å². The molecule has 0 spiro atoms. The van der Waals surface area contributed by atoms with Crippen LogP contribution in [0.3, 0.4) is 0 Å². The highest BCUT2D eigenvalue weighted by Gasteiger charge is 2.31. The second-order valence-electron chi connectivity index (χ2n) is 9.92. The first-order chi connectivity index (χ1) is 16.9. The van der Waals surface area contributed by atoms with Crippen molar-refractivity contribution in [2.75, 3.05) is 6.61 Å². The Morgan fingerprint density at radius 1 is 1.23 bits per heavy atom. The first kappa shape index (κ1) is 25.3. The zero-order valence-electron chi connectivity index (χ0n) is 20.3. The topological polar surface area (TPSA) is 106 Å². The third-order valence-electron chi connectivity index (χ3n) is 7.17. The summed E-state index contributed by atoms with van der Waals surface area (Å²) >= 11 is 0. The predicted octanol–water partition coefficient (Wildman–Crippen LogP) is 3.66. The van der Waals surface area contributed by atoms with Crippen LogP contribution in [0.2, 0.25) is 0 Å². The lowest BCUT2D eigenvalue weighted by Crippen LogP contribution is -2.40. The number of carbonyl (C=O) groups excluding carboxylic acids is 2. The van der Waals surface area contributed by atoms with E-state index in [0.29, 0.717) is 37.4 Å². The SMILES string of the molecule is CC[C@@](O)(Cn1nncc1CCCCCC1CCC(=O)NC1=O)c1ccc(F)c(OCC2CC2)c1. The van der Waals surface area contributed by atoms with Gasteiger partial charge in [-0.2, -0.15) is 0 Å². The maximum absolute atomic E-state index is 14.3. The van der Waals surface area contributed by atoms with Crippen LogP contribution in [0.4, 0.5) is 4.39 Å². The van der Waals surface area contributed by atoms with E-state index in [-0.39, 0.29) is 30.0 Å². The Morgan fingerprint density at radius 2 is 2.06 bits per heavy atom. The number of benzene rings is 1. The number of rotatable bonds is 13. The van der Waals surface area contributed by atoms with Gasteiger partial charge in [-0.3, -0.25) is 14.9 Å². The maximum atomic E-state index is 14.3. The van der Waals surface area contributed by atoms with Crippen molar-refractivity contribution in [3.8, 4) is 5.75 Å². The number of carbonyl (C=O) groups is 2. The fourth-order valence-electron chi connectivity index (χ4n) is 4.54. The van der Waals surface area contributed by atoms with Crippen molar-refractivity contribution < 1.29 is 23.8 Å². The van der Waals surface area contributed by atoms with Crippen LogP contribution in [0.5, 0.6) is 5.75 Å². The summed E-state index contributed by atoms with van der Waals surface area (Å²) in [5.41, 5.74) is 0.280.